The molecule has 0 spiro atoms. The molecule has 2 N–H and O–H groups in total. The zero-order chi connectivity index (χ0) is 12.7. The number of hydrogen-bond donors (Lipinski definition) is 1. The van der Waals surface area contributed by atoms with Gasteiger partial charge in [0.1, 0.15) is 5.75 Å². The lowest BCUT2D eigenvalue weighted by molar-refractivity contribution is 0.101. The number of Topliss-reactive ketones (excluding diaryl/α,β-unsaturated/α-hetero) is 1. The van der Waals surface area contributed by atoms with Crippen LogP contribution in [0, 0.1) is 0 Å². The molecule has 0 aliphatic heterocycles. The Labute approximate surface area is 103 Å². The van der Waals surface area contributed by atoms with Crippen LogP contribution in [-0.2, 0) is 0 Å². The number of nitrogen functional groups attached to an aromatic ring is 1. The largest absolute Gasteiger partial charge is 0.493 e. The maximum atomic E-state index is 11.4. The van der Waals surface area contributed by atoms with Crippen LogP contribution in [0.2, 0.25) is 0 Å². The minimum atomic E-state index is -0.0131. The molecule has 0 bridgehead atoms. The molecule has 0 saturated carbocycles. The molecule has 3 heteroatoms. The van der Waals surface area contributed by atoms with E-state index in [1.807, 2.05) is 0 Å². The second-order valence-electron chi connectivity index (χ2n) is 4.22. The number of carbonyl (C=O) groups excluding carboxylic acids is 1. The second-order valence-corrected chi connectivity index (χ2v) is 4.22. The van der Waals surface area contributed by atoms with Gasteiger partial charge in [0.05, 0.1) is 12.2 Å². The van der Waals surface area contributed by atoms with Crippen LogP contribution in [-0.4, -0.2) is 12.4 Å². The highest BCUT2D eigenvalue weighted by Gasteiger charge is 2.08. The Morgan fingerprint density at radius 1 is 1.29 bits per heavy atom. The van der Waals surface area contributed by atoms with Crippen molar-refractivity contribution in [2.75, 3.05) is 12.3 Å². The predicted molar refractivity (Wildman–Crippen MR) is 70.5 cm³/mol. The van der Waals surface area contributed by atoms with Crippen LogP contribution in [0.4, 0.5) is 5.69 Å². The van der Waals surface area contributed by atoms with Crippen molar-refractivity contribution >= 4 is 11.5 Å². The number of nitrogens with two attached hydrogens (primary N) is 1. The summed E-state index contributed by atoms with van der Waals surface area (Å²) in [5, 5.41) is 0. The van der Waals surface area contributed by atoms with E-state index in [1.165, 1.54) is 26.2 Å². The van der Waals surface area contributed by atoms with Gasteiger partial charge in [0.25, 0.3) is 0 Å². The van der Waals surface area contributed by atoms with Crippen molar-refractivity contribution in [1.29, 1.82) is 0 Å². The fourth-order valence-electron chi connectivity index (χ4n) is 1.66. The van der Waals surface area contributed by atoms with E-state index in [-0.39, 0.29) is 5.78 Å². The van der Waals surface area contributed by atoms with Gasteiger partial charge in [0.15, 0.2) is 5.78 Å². The van der Waals surface area contributed by atoms with Crippen molar-refractivity contribution in [3.05, 3.63) is 23.8 Å². The maximum absolute atomic E-state index is 11.4. The van der Waals surface area contributed by atoms with Gasteiger partial charge in [-0.1, -0.05) is 26.2 Å². The van der Waals surface area contributed by atoms with Crippen molar-refractivity contribution in [1.82, 2.24) is 0 Å². The fraction of sp³-hybridized carbons (Fsp3) is 0.500. The van der Waals surface area contributed by atoms with E-state index in [0.29, 0.717) is 23.6 Å². The quantitative estimate of drug-likeness (QED) is 0.447. The molecule has 0 heterocycles. The van der Waals surface area contributed by atoms with E-state index < -0.39 is 0 Å². The Kier molecular flexibility index (Phi) is 5.53. The van der Waals surface area contributed by atoms with Gasteiger partial charge in [-0.3, -0.25) is 4.79 Å². The molecule has 0 fully saturated rings. The molecule has 0 aromatic heterocycles. The predicted octanol–water partition coefficient (Wildman–Crippen LogP) is 3.43. The van der Waals surface area contributed by atoms with Crippen LogP contribution >= 0.6 is 0 Å². The molecule has 1 aromatic carbocycles. The average Bonchev–Trinajstić information content (AvgIpc) is 2.30. The number of anilines is 1. The Balaban J connectivity index is 2.55. The lowest BCUT2D eigenvalue weighted by atomic mass is 10.1. The molecule has 0 aliphatic rings. The molecule has 3 nitrogen and oxygen atoms in total. The summed E-state index contributed by atoms with van der Waals surface area (Å²) in [6.45, 7) is 4.36. The number of carbonyl (C=O) groups is 1. The molecule has 1 aromatic rings. The number of ether oxygens (including phenoxy) is 1. The topological polar surface area (TPSA) is 52.3 Å². The maximum Gasteiger partial charge on any atom is 0.163 e. The molecule has 0 saturated heterocycles. The lowest BCUT2D eigenvalue weighted by Crippen LogP contribution is -2.03. The van der Waals surface area contributed by atoms with Crippen molar-refractivity contribution in [2.24, 2.45) is 0 Å². The minimum absolute atomic E-state index is 0.0131. The zero-order valence-corrected chi connectivity index (χ0v) is 10.7. The van der Waals surface area contributed by atoms with Crippen LogP contribution < -0.4 is 10.5 Å². The first-order valence-electron chi connectivity index (χ1n) is 6.18. The summed E-state index contributed by atoms with van der Waals surface area (Å²) < 4.78 is 5.62. The summed E-state index contributed by atoms with van der Waals surface area (Å²) in [7, 11) is 0. The van der Waals surface area contributed by atoms with Gasteiger partial charge in [0.2, 0.25) is 0 Å². The van der Waals surface area contributed by atoms with Crippen LogP contribution in [0.25, 0.3) is 0 Å². The first kappa shape index (κ1) is 13.6. The molecule has 0 amide bonds. The minimum Gasteiger partial charge on any atom is -0.493 e. The normalized spacial score (nSPS) is 10.2. The Hall–Kier alpha value is -1.51. The lowest BCUT2D eigenvalue weighted by Gasteiger charge is -2.10. The van der Waals surface area contributed by atoms with Crippen molar-refractivity contribution < 1.29 is 9.53 Å². The monoisotopic (exact) mass is 235 g/mol. The Morgan fingerprint density at radius 2 is 2.06 bits per heavy atom. The molecule has 94 valence electrons. The molecule has 17 heavy (non-hydrogen) atoms. The molecule has 0 unspecified atom stereocenters. The summed E-state index contributed by atoms with van der Waals surface area (Å²) in [4.78, 5) is 11.4. The van der Waals surface area contributed by atoms with Crippen LogP contribution in [0.3, 0.4) is 0 Å². The third kappa shape index (κ3) is 4.47. The summed E-state index contributed by atoms with van der Waals surface area (Å²) >= 11 is 0. The van der Waals surface area contributed by atoms with E-state index in [1.54, 1.807) is 18.2 Å². The molecule has 0 atom stereocenters. The van der Waals surface area contributed by atoms with E-state index >= 15 is 0 Å². The average molecular weight is 235 g/mol. The Morgan fingerprint density at radius 3 is 2.71 bits per heavy atom. The smallest absolute Gasteiger partial charge is 0.163 e. The van der Waals surface area contributed by atoms with Gasteiger partial charge in [0, 0.05) is 5.69 Å². The van der Waals surface area contributed by atoms with E-state index in [4.69, 9.17) is 10.5 Å². The van der Waals surface area contributed by atoms with Crippen molar-refractivity contribution in [3.63, 3.8) is 0 Å². The van der Waals surface area contributed by atoms with Gasteiger partial charge in [-0.15, -0.1) is 0 Å². The highest BCUT2D eigenvalue weighted by molar-refractivity contribution is 5.97. The van der Waals surface area contributed by atoms with E-state index in [2.05, 4.69) is 6.92 Å². The molecule has 0 aliphatic carbocycles. The fourth-order valence-corrected chi connectivity index (χ4v) is 1.66. The number of unbranched alkanes of at least 4 members (excludes halogenated alkanes) is 3. The number of rotatable bonds is 7. The molecular formula is C14H21NO2. The number of benzene rings is 1. The molecule has 1 rings (SSSR count). The standard InChI is InChI=1S/C14H21NO2/c1-3-4-5-6-9-17-14-8-7-12(15)10-13(14)11(2)16/h7-8,10H,3-6,9,15H2,1-2H3. The second kappa shape index (κ2) is 6.94. The highest BCUT2D eigenvalue weighted by atomic mass is 16.5. The molecule has 0 radical (unpaired) electrons. The summed E-state index contributed by atoms with van der Waals surface area (Å²) in [5.74, 6) is 0.629. The van der Waals surface area contributed by atoms with Gasteiger partial charge in [-0.25, -0.2) is 0 Å². The first-order valence-corrected chi connectivity index (χ1v) is 6.18. The first-order chi connectivity index (χ1) is 8.15. The third-order valence-electron chi connectivity index (χ3n) is 2.64. The van der Waals surface area contributed by atoms with Gasteiger partial charge < -0.3 is 10.5 Å². The summed E-state index contributed by atoms with van der Waals surface area (Å²) in [5.41, 5.74) is 6.81. The number of ketones is 1. The number of hydrogen-bond acceptors (Lipinski definition) is 3. The van der Waals surface area contributed by atoms with Crippen LogP contribution in [0.5, 0.6) is 5.75 Å². The van der Waals surface area contributed by atoms with Gasteiger partial charge >= 0.3 is 0 Å². The van der Waals surface area contributed by atoms with E-state index in [9.17, 15) is 4.79 Å². The van der Waals surface area contributed by atoms with Crippen LogP contribution in [0.1, 0.15) is 49.9 Å². The van der Waals surface area contributed by atoms with Gasteiger partial charge in [-0.2, -0.15) is 0 Å². The summed E-state index contributed by atoms with van der Waals surface area (Å²) in [6, 6.07) is 5.20. The third-order valence-corrected chi connectivity index (χ3v) is 2.64. The Bertz CT molecular complexity index is 374. The SMILES string of the molecule is CCCCCCOc1ccc(N)cc1C(C)=O. The highest BCUT2D eigenvalue weighted by Crippen LogP contribution is 2.22. The van der Waals surface area contributed by atoms with Gasteiger partial charge in [-0.05, 0) is 31.5 Å². The van der Waals surface area contributed by atoms with Crippen LogP contribution in [0.15, 0.2) is 18.2 Å². The van der Waals surface area contributed by atoms with Crippen molar-refractivity contribution in [3.8, 4) is 5.75 Å². The van der Waals surface area contributed by atoms with Crippen molar-refractivity contribution in [2.45, 2.75) is 39.5 Å². The summed E-state index contributed by atoms with van der Waals surface area (Å²) in [6.07, 6.45) is 4.63. The zero-order valence-electron chi connectivity index (χ0n) is 10.7. The van der Waals surface area contributed by atoms with E-state index in [0.717, 1.165) is 6.42 Å². The molecular weight excluding hydrogens is 214 g/mol.